The Morgan fingerprint density at radius 1 is 1.18 bits per heavy atom. The molecule has 0 atom stereocenters. The molecule has 0 spiro atoms. The van der Waals surface area contributed by atoms with Crippen LogP contribution in [-0.4, -0.2) is 52.0 Å². The summed E-state index contributed by atoms with van der Waals surface area (Å²) in [6.07, 6.45) is 0. The van der Waals surface area contributed by atoms with E-state index >= 15 is 0 Å². The van der Waals surface area contributed by atoms with Crippen molar-refractivity contribution in [2.45, 2.75) is 18.4 Å². The first-order chi connectivity index (χ1) is 13.4. The average Bonchev–Trinajstić information content (AvgIpc) is 2.73. The minimum absolute atomic E-state index is 0.110. The zero-order chi connectivity index (χ0) is 20.1. The molecule has 28 heavy (non-hydrogen) atoms. The highest BCUT2D eigenvalue weighted by atomic mass is 32.2. The van der Waals surface area contributed by atoms with Gasteiger partial charge in [-0.3, -0.25) is 4.79 Å². The van der Waals surface area contributed by atoms with Gasteiger partial charge in [-0.05, 0) is 42.3 Å². The van der Waals surface area contributed by atoms with Crippen molar-refractivity contribution >= 4 is 15.9 Å². The second kappa shape index (κ2) is 8.72. The van der Waals surface area contributed by atoms with Gasteiger partial charge in [-0.2, -0.15) is 4.31 Å². The summed E-state index contributed by atoms with van der Waals surface area (Å²) in [5.41, 5.74) is 2.21. The largest absolute Gasteiger partial charge is 0.496 e. The lowest BCUT2D eigenvalue weighted by Gasteiger charge is -2.26. The number of nitrogens with one attached hydrogen (secondary N) is 1. The van der Waals surface area contributed by atoms with Crippen molar-refractivity contribution < 1.29 is 22.7 Å². The molecule has 3 rings (SSSR count). The molecular formula is C20H24N2O5S. The summed E-state index contributed by atoms with van der Waals surface area (Å²) in [4.78, 5) is 12.6. The molecule has 0 bridgehead atoms. The molecule has 1 saturated heterocycles. The number of sulfonamides is 1. The smallest absolute Gasteiger partial charge is 0.251 e. The molecule has 150 valence electrons. The Kier molecular flexibility index (Phi) is 6.33. The van der Waals surface area contributed by atoms with Gasteiger partial charge in [-0.15, -0.1) is 0 Å². The number of rotatable bonds is 6. The first kappa shape index (κ1) is 20.3. The van der Waals surface area contributed by atoms with Gasteiger partial charge >= 0.3 is 0 Å². The van der Waals surface area contributed by atoms with E-state index in [0.717, 1.165) is 16.9 Å². The van der Waals surface area contributed by atoms with Crippen LogP contribution in [0.1, 0.15) is 21.5 Å². The van der Waals surface area contributed by atoms with Gasteiger partial charge in [-0.1, -0.05) is 18.2 Å². The maximum Gasteiger partial charge on any atom is 0.251 e. The number of carbonyl (C=O) groups excluding carboxylic acids is 1. The lowest BCUT2D eigenvalue weighted by atomic mass is 10.1. The van der Waals surface area contributed by atoms with E-state index in [2.05, 4.69) is 5.32 Å². The van der Waals surface area contributed by atoms with Gasteiger partial charge in [0.2, 0.25) is 10.0 Å². The van der Waals surface area contributed by atoms with Crippen molar-refractivity contribution in [3.8, 4) is 5.75 Å². The van der Waals surface area contributed by atoms with E-state index in [4.69, 9.17) is 9.47 Å². The molecule has 2 aromatic rings. The lowest BCUT2D eigenvalue weighted by Crippen LogP contribution is -2.40. The molecule has 1 fully saturated rings. The first-order valence-electron chi connectivity index (χ1n) is 9.01. The van der Waals surface area contributed by atoms with Crippen LogP contribution in [0.2, 0.25) is 0 Å². The zero-order valence-corrected chi connectivity index (χ0v) is 16.8. The second-order valence-electron chi connectivity index (χ2n) is 6.53. The van der Waals surface area contributed by atoms with E-state index in [-0.39, 0.29) is 10.8 Å². The van der Waals surface area contributed by atoms with Gasteiger partial charge in [0.25, 0.3) is 5.91 Å². The molecule has 0 aliphatic carbocycles. The van der Waals surface area contributed by atoms with Gasteiger partial charge in [-0.25, -0.2) is 8.42 Å². The number of benzene rings is 2. The molecule has 2 aromatic carbocycles. The minimum atomic E-state index is -3.64. The van der Waals surface area contributed by atoms with Gasteiger partial charge in [0.15, 0.2) is 0 Å². The van der Waals surface area contributed by atoms with E-state index in [1.165, 1.54) is 16.4 Å². The summed E-state index contributed by atoms with van der Waals surface area (Å²) in [7, 11) is -2.04. The number of methoxy groups -OCH3 is 1. The van der Waals surface area contributed by atoms with Crippen molar-refractivity contribution in [2.75, 3.05) is 33.4 Å². The number of amides is 1. The fraction of sp³-hybridized carbons (Fsp3) is 0.350. The third-order valence-corrected chi connectivity index (χ3v) is 6.52. The van der Waals surface area contributed by atoms with E-state index in [1.807, 2.05) is 25.1 Å². The summed E-state index contributed by atoms with van der Waals surface area (Å²) in [5, 5.41) is 2.82. The first-order valence-corrected chi connectivity index (χ1v) is 10.5. The van der Waals surface area contributed by atoms with Crippen molar-refractivity contribution in [1.29, 1.82) is 0 Å². The average molecular weight is 404 g/mol. The number of hydrogen-bond donors (Lipinski definition) is 1. The zero-order valence-electron chi connectivity index (χ0n) is 16.0. The number of hydrogen-bond acceptors (Lipinski definition) is 5. The summed E-state index contributed by atoms with van der Waals surface area (Å²) in [5.74, 6) is 0.420. The highest BCUT2D eigenvalue weighted by Gasteiger charge is 2.26. The Labute approximate surface area is 165 Å². The SMILES string of the molecule is COc1cc(CNC(=O)c2cccc(S(=O)(=O)N3CCOCC3)c2)ccc1C. The highest BCUT2D eigenvalue weighted by Crippen LogP contribution is 2.20. The third kappa shape index (κ3) is 4.52. The topological polar surface area (TPSA) is 84.9 Å². The van der Waals surface area contributed by atoms with Crippen LogP contribution in [0.15, 0.2) is 47.4 Å². The summed E-state index contributed by atoms with van der Waals surface area (Å²) >= 11 is 0. The van der Waals surface area contributed by atoms with E-state index in [0.29, 0.717) is 38.4 Å². The van der Waals surface area contributed by atoms with Crippen LogP contribution in [0.5, 0.6) is 5.75 Å². The fourth-order valence-corrected chi connectivity index (χ4v) is 4.45. The van der Waals surface area contributed by atoms with Gasteiger partial charge in [0.1, 0.15) is 5.75 Å². The molecule has 7 nitrogen and oxygen atoms in total. The molecule has 8 heteroatoms. The number of nitrogens with zero attached hydrogens (tertiary/aromatic N) is 1. The Hall–Kier alpha value is -2.42. The molecule has 1 aliphatic rings. The van der Waals surface area contributed by atoms with Crippen LogP contribution < -0.4 is 10.1 Å². The standard InChI is InChI=1S/C20H24N2O5S/c1-15-6-7-16(12-19(15)26-2)14-21-20(23)17-4-3-5-18(13-17)28(24,25)22-8-10-27-11-9-22/h3-7,12-13H,8-11,14H2,1-2H3,(H,21,23). The highest BCUT2D eigenvalue weighted by molar-refractivity contribution is 7.89. The Balaban J connectivity index is 1.72. The van der Waals surface area contributed by atoms with E-state index < -0.39 is 10.0 Å². The predicted molar refractivity (Wildman–Crippen MR) is 105 cm³/mol. The van der Waals surface area contributed by atoms with Crippen molar-refractivity contribution in [1.82, 2.24) is 9.62 Å². The van der Waals surface area contributed by atoms with Crippen LogP contribution >= 0.6 is 0 Å². The molecule has 1 heterocycles. The summed E-state index contributed by atoms with van der Waals surface area (Å²) < 4.78 is 37.4. The van der Waals surface area contributed by atoms with Gasteiger partial charge in [0, 0.05) is 25.2 Å². The molecule has 1 amide bonds. The summed E-state index contributed by atoms with van der Waals surface area (Å²) in [6.45, 7) is 3.64. The maximum absolute atomic E-state index is 12.8. The van der Waals surface area contributed by atoms with Crippen molar-refractivity contribution in [3.05, 3.63) is 59.2 Å². The van der Waals surface area contributed by atoms with E-state index in [9.17, 15) is 13.2 Å². The predicted octanol–water partition coefficient (Wildman–Crippen LogP) is 1.95. The Morgan fingerprint density at radius 2 is 1.93 bits per heavy atom. The molecular weight excluding hydrogens is 380 g/mol. The van der Waals surface area contributed by atoms with E-state index in [1.54, 1.807) is 19.2 Å². The number of carbonyl (C=O) groups is 1. The monoisotopic (exact) mass is 404 g/mol. The molecule has 1 aliphatic heterocycles. The van der Waals surface area contributed by atoms with Crippen LogP contribution in [-0.2, 0) is 21.3 Å². The number of morpholine rings is 1. The van der Waals surface area contributed by atoms with Crippen molar-refractivity contribution in [3.63, 3.8) is 0 Å². The fourth-order valence-electron chi connectivity index (χ4n) is 2.99. The normalized spacial score (nSPS) is 15.2. The molecule has 0 unspecified atom stereocenters. The molecule has 0 aromatic heterocycles. The maximum atomic E-state index is 12.8. The van der Waals surface area contributed by atoms with Crippen LogP contribution in [0.3, 0.4) is 0 Å². The lowest BCUT2D eigenvalue weighted by molar-refractivity contribution is 0.0730. The third-order valence-electron chi connectivity index (χ3n) is 4.63. The van der Waals surface area contributed by atoms with Crippen molar-refractivity contribution in [2.24, 2.45) is 0 Å². The van der Waals surface area contributed by atoms with Crippen LogP contribution in [0.4, 0.5) is 0 Å². The Bertz CT molecular complexity index is 953. The van der Waals surface area contributed by atoms with Crippen LogP contribution in [0.25, 0.3) is 0 Å². The van der Waals surface area contributed by atoms with Gasteiger partial charge in [0.05, 0.1) is 25.2 Å². The second-order valence-corrected chi connectivity index (χ2v) is 8.47. The molecule has 0 radical (unpaired) electrons. The molecule has 0 saturated carbocycles. The number of ether oxygens (including phenoxy) is 2. The minimum Gasteiger partial charge on any atom is -0.496 e. The summed E-state index contributed by atoms with van der Waals surface area (Å²) in [6, 6.07) is 11.8. The Morgan fingerprint density at radius 3 is 2.64 bits per heavy atom. The quantitative estimate of drug-likeness (QED) is 0.796. The number of aryl methyl sites for hydroxylation is 1. The van der Waals surface area contributed by atoms with Crippen LogP contribution in [0, 0.1) is 6.92 Å². The molecule has 1 N–H and O–H groups in total. The van der Waals surface area contributed by atoms with Gasteiger partial charge < -0.3 is 14.8 Å².